The Morgan fingerprint density at radius 3 is 1.85 bits per heavy atom. The number of likely N-dealkylation sites (tertiary alicyclic amines) is 1. The summed E-state index contributed by atoms with van der Waals surface area (Å²) in [5, 5.41) is 24.4. The molecule has 0 aliphatic carbocycles. The van der Waals surface area contributed by atoms with Crippen LogP contribution in [0.15, 0.2) is 24.4 Å². The van der Waals surface area contributed by atoms with E-state index >= 15 is 0 Å². The highest BCUT2D eigenvalue weighted by molar-refractivity contribution is 5.81. The van der Waals surface area contributed by atoms with E-state index in [2.05, 4.69) is 34.2 Å². The van der Waals surface area contributed by atoms with E-state index in [-0.39, 0.29) is 18.1 Å². The number of likely N-dealkylation sites (N-methyl/N-ethyl adjacent to an activating group) is 1. The molecule has 12 nitrogen and oxygen atoms in total. The van der Waals surface area contributed by atoms with E-state index in [1.165, 1.54) is 0 Å². The maximum atomic E-state index is 12.4. The lowest BCUT2D eigenvalue weighted by Crippen LogP contribution is -2.44. The first kappa shape index (κ1) is 42.3. The van der Waals surface area contributed by atoms with Gasteiger partial charge < -0.3 is 30.3 Å². The highest BCUT2D eigenvalue weighted by Crippen LogP contribution is 2.33. The largest absolute Gasteiger partial charge is 0.490 e. The van der Waals surface area contributed by atoms with Crippen LogP contribution in [0.4, 0.5) is 39.5 Å². The number of ether oxygens (including phenoxy) is 1. The van der Waals surface area contributed by atoms with Crippen LogP contribution < -0.4 is 5.32 Å². The molecule has 1 aromatic heterocycles. The lowest BCUT2D eigenvalue weighted by atomic mass is 9.91. The minimum atomic E-state index is -5.08. The number of hydrogen-bond acceptors (Lipinski definition) is 8. The van der Waals surface area contributed by atoms with Crippen LogP contribution in [0.1, 0.15) is 18.5 Å². The molecule has 0 bridgehead atoms. The molecule has 3 atom stereocenters. The van der Waals surface area contributed by atoms with Gasteiger partial charge in [-0.2, -0.15) is 39.5 Å². The Morgan fingerprint density at radius 1 is 0.935 bits per heavy atom. The number of carbonyl (C=O) groups is 4. The molecule has 1 amide bonds. The van der Waals surface area contributed by atoms with Gasteiger partial charge in [-0.05, 0) is 51.5 Å². The molecular weight excluding hydrogens is 655 g/mol. The summed E-state index contributed by atoms with van der Waals surface area (Å²) in [6.07, 6.45) is -10.8. The Bertz CT molecular complexity index is 1050. The fourth-order valence-electron chi connectivity index (χ4n) is 3.68. The number of nitrogens with zero attached hydrogens (tertiary/aromatic N) is 3. The Hall–Kier alpha value is -3.72. The number of piperidine rings is 1. The number of carbonyl (C=O) groups excluding carboxylic acids is 1. The number of halogens is 9. The fourth-order valence-corrected chi connectivity index (χ4v) is 3.68. The third-order valence-corrected chi connectivity index (χ3v) is 5.93. The lowest BCUT2D eigenvalue weighted by Gasteiger charge is -2.34. The number of fused-ring (bicyclic) bond motifs is 1. The SMILES string of the molecule is CN(C)CCN1CC[C@H]2C[C@H](C(=O)NCCc3ccccn3)O[C@@H]2C1.O=C(O)C(F)(F)F.O=C(O)C(F)(F)F.O=C(O)C(F)(F)F. The summed E-state index contributed by atoms with van der Waals surface area (Å²) < 4.78 is 101. The number of aromatic nitrogens is 1. The van der Waals surface area contributed by atoms with E-state index in [0.717, 1.165) is 51.1 Å². The number of rotatable bonds is 7. The molecule has 0 saturated carbocycles. The van der Waals surface area contributed by atoms with Crippen molar-refractivity contribution < 1.29 is 78.7 Å². The summed E-state index contributed by atoms with van der Waals surface area (Å²) in [6.45, 7) is 4.82. The number of pyridine rings is 1. The molecule has 2 aliphatic heterocycles. The van der Waals surface area contributed by atoms with E-state index in [9.17, 15) is 44.3 Å². The fraction of sp³-hybridized carbons (Fsp3) is 0.640. The van der Waals surface area contributed by atoms with Crippen molar-refractivity contribution in [2.24, 2.45) is 5.92 Å². The van der Waals surface area contributed by atoms with E-state index in [0.29, 0.717) is 12.5 Å². The van der Waals surface area contributed by atoms with Crippen molar-refractivity contribution in [3.8, 4) is 0 Å². The zero-order chi connectivity index (χ0) is 35.9. The summed E-state index contributed by atoms with van der Waals surface area (Å²) in [5.41, 5.74) is 1.00. The van der Waals surface area contributed by atoms with Gasteiger partial charge in [-0.15, -0.1) is 0 Å². The Labute approximate surface area is 256 Å². The van der Waals surface area contributed by atoms with E-state index < -0.39 is 36.4 Å². The van der Waals surface area contributed by atoms with Gasteiger partial charge in [0.1, 0.15) is 6.10 Å². The minimum absolute atomic E-state index is 0.0326. The average molecular weight is 689 g/mol. The van der Waals surface area contributed by atoms with Crippen molar-refractivity contribution in [3.63, 3.8) is 0 Å². The monoisotopic (exact) mass is 688 g/mol. The van der Waals surface area contributed by atoms with Gasteiger partial charge in [0.15, 0.2) is 0 Å². The standard InChI is InChI=1S/C19H30N4O2.3C2HF3O2/c1-22(2)11-12-23-10-7-15-13-17(25-18(15)14-23)19(24)21-9-6-16-5-3-4-8-20-16;3*3-2(4,5)1(6)7/h3-5,8,15,17-18H,6-7,9-14H2,1-2H3,(H,21,24);3*(H,6,7)/t15-,17+,18+;;;/m0.../s1. The highest BCUT2D eigenvalue weighted by Gasteiger charge is 2.42. The van der Waals surface area contributed by atoms with Gasteiger partial charge in [-0.25, -0.2) is 14.4 Å². The number of hydrogen-bond donors (Lipinski definition) is 4. The van der Waals surface area contributed by atoms with Crippen LogP contribution in [0.3, 0.4) is 0 Å². The molecule has 264 valence electrons. The third-order valence-electron chi connectivity index (χ3n) is 5.93. The molecular formula is C25H33F9N4O8. The molecule has 3 heterocycles. The van der Waals surface area contributed by atoms with Crippen LogP contribution in [-0.4, -0.2) is 131 Å². The van der Waals surface area contributed by atoms with E-state index in [1.807, 2.05) is 18.2 Å². The van der Waals surface area contributed by atoms with Gasteiger partial charge in [-0.1, -0.05) is 6.07 Å². The molecule has 2 fully saturated rings. The van der Waals surface area contributed by atoms with Crippen LogP contribution in [-0.2, 0) is 30.3 Å². The van der Waals surface area contributed by atoms with Crippen LogP contribution >= 0.6 is 0 Å². The second kappa shape index (κ2) is 19.1. The van der Waals surface area contributed by atoms with Crippen LogP contribution in [0.2, 0.25) is 0 Å². The average Bonchev–Trinajstić information content (AvgIpc) is 3.36. The highest BCUT2D eigenvalue weighted by atomic mass is 19.4. The molecule has 3 rings (SSSR count). The molecule has 0 spiro atoms. The minimum Gasteiger partial charge on any atom is -0.475 e. The quantitative estimate of drug-likeness (QED) is 0.311. The predicted molar refractivity (Wildman–Crippen MR) is 138 cm³/mol. The number of nitrogens with one attached hydrogen (secondary N) is 1. The molecule has 2 saturated heterocycles. The van der Waals surface area contributed by atoms with Gasteiger partial charge in [-0.3, -0.25) is 14.7 Å². The van der Waals surface area contributed by atoms with Crippen molar-refractivity contribution in [3.05, 3.63) is 30.1 Å². The van der Waals surface area contributed by atoms with E-state index in [4.69, 9.17) is 34.4 Å². The molecule has 0 radical (unpaired) electrons. The summed E-state index contributed by atoms with van der Waals surface area (Å²) in [4.78, 5) is 48.0. The third kappa shape index (κ3) is 18.3. The summed E-state index contributed by atoms with van der Waals surface area (Å²) in [7, 11) is 4.20. The topological polar surface area (TPSA) is 170 Å². The van der Waals surface area contributed by atoms with Crippen molar-refractivity contribution >= 4 is 23.8 Å². The van der Waals surface area contributed by atoms with Crippen molar-refractivity contribution in [2.75, 3.05) is 46.8 Å². The Kier molecular flexibility index (Phi) is 17.5. The van der Waals surface area contributed by atoms with Crippen molar-refractivity contribution in [1.82, 2.24) is 20.1 Å². The number of carboxylic acid groups (broad SMARTS) is 3. The summed E-state index contributed by atoms with van der Waals surface area (Å²) in [6, 6.07) is 5.85. The first-order chi connectivity index (χ1) is 20.9. The lowest BCUT2D eigenvalue weighted by molar-refractivity contribution is -0.193. The van der Waals surface area contributed by atoms with Crippen LogP contribution in [0.5, 0.6) is 0 Å². The van der Waals surface area contributed by atoms with Crippen molar-refractivity contribution in [2.45, 2.75) is 50.0 Å². The summed E-state index contributed by atoms with van der Waals surface area (Å²) >= 11 is 0. The molecule has 0 unspecified atom stereocenters. The van der Waals surface area contributed by atoms with Crippen LogP contribution in [0.25, 0.3) is 0 Å². The number of aliphatic carboxylic acids is 3. The molecule has 2 aliphatic rings. The van der Waals surface area contributed by atoms with Gasteiger partial charge in [0.05, 0.1) is 6.10 Å². The van der Waals surface area contributed by atoms with Crippen LogP contribution in [0, 0.1) is 5.92 Å². The molecule has 21 heteroatoms. The maximum Gasteiger partial charge on any atom is 0.490 e. The molecule has 46 heavy (non-hydrogen) atoms. The van der Waals surface area contributed by atoms with Crippen molar-refractivity contribution in [1.29, 1.82) is 0 Å². The normalized spacial score (nSPS) is 19.6. The predicted octanol–water partition coefficient (Wildman–Crippen LogP) is 2.68. The maximum absolute atomic E-state index is 12.4. The first-order valence-electron chi connectivity index (χ1n) is 13.1. The van der Waals surface area contributed by atoms with Gasteiger partial charge in [0, 0.05) is 44.5 Å². The summed E-state index contributed by atoms with van der Waals surface area (Å²) in [5.74, 6) is -7.71. The zero-order valence-electron chi connectivity index (χ0n) is 24.3. The first-order valence-corrected chi connectivity index (χ1v) is 13.1. The van der Waals surface area contributed by atoms with E-state index in [1.54, 1.807) is 6.20 Å². The van der Waals surface area contributed by atoms with Gasteiger partial charge >= 0.3 is 36.4 Å². The number of alkyl halides is 9. The molecule has 0 aromatic carbocycles. The molecule has 1 aromatic rings. The Morgan fingerprint density at radius 2 is 1.43 bits per heavy atom. The number of amides is 1. The zero-order valence-corrected chi connectivity index (χ0v) is 24.3. The molecule has 4 N–H and O–H groups in total. The Balaban J connectivity index is 0.000000786. The van der Waals surface area contributed by atoms with Gasteiger partial charge in [0.25, 0.3) is 0 Å². The smallest absolute Gasteiger partial charge is 0.475 e. The van der Waals surface area contributed by atoms with Gasteiger partial charge in [0.2, 0.25) is 5.91 Å². The second-order valence-corrected chi connectivity index (χ2v) is 9.82. The number of carboxylic acids is 3. The second-order valence-electron chi connectivity index (χ2n) is 9.82.